The molecule has 1 aliphatic heterocycles. The summed E-state index contributed by atoms with van der Waals surface area (Å²) in [6.45, 7) is 4.71. The molecule has 2 fully saturated rings. The Bertz CT molecular complexity index is 451. The highest BCUT2D eigenvalue weighted by molar-refractivity contribution is 9.10. The van der Waals surface area contributed by atoms with E-state index in [4.69, 9.17) is 9.47 Å². The quantitative estimate of drug-likeness (QED) is 0.738. The molecule has 130 valence electrons. The van der Waals surface area contributed by atoms with Gasteiger partial charge in [0.25, 0.3) is 0 Å². The molecule has 1 saturated carbocycles. The van der Waals surface area contributed by atoms with Gasteiger partial charge in [-0.05, 0) is 37.0 Å². The first-order valence-electron chi connectivity index (χ1n) is 8.51. The lowest BCUT2D eigenvalue weighted by atomic mass is 9.91. The average molecular weight is 405 g/mol. The summed E-state index contributed by atoms with van der Waals surface area (Å²) < 4.78 is 12.9. The Balaban J connectivity index is 0.00000192. The Labute approximate surface area is 154 Å². The van der Waals surface area contributed by atoms with E-state index in [-0.39, 0.29) is 12.4 Å². The van der Waals surface area contributed by atoms with Gasteiger partial charge in [-0.15, -0.1) is 12.4 Å². The highest BCUT2D eigenvalue weighted by atomic mass is 79.9. The molecular formula is C18H27BrClNO2. The van der Waals surface area contributed by atoms with Crippen LogP contribution < -0.4 is 0 Å². The van der Waals surface area contributed by atoms with Gasteiger partial charge in [-0.3, -0.25) is 4.90 Å². The minimum absolute atomic E-state index is 0. The molecule has 0 spiro atoms. The van der Waals surface area contributed by atoms with Crippen LogP contribution in [-0.2, 0) is 15.9 Å². The number of morpholine rings is 1. The van der Waals surface area contributed by atoms with Gasteiger partial charge in [0.15, 0.2) is 0 Å². The molecule has 23 heavy (non-hydrogen) atoms. The van der Waals surface area contributed by atoms with Gasteiger partial charge < -0.3 is 9.47 Å². The molecule has 2 aliphatic rings. The van der Waals surface area contributed by atoms with E-state index in [0.717, 1.165) is 43.8 Å². The standard InChI is InChI=1S/C18H26BrNO2.ClH/c19-16-7-5-15(6-8-16)9-12-22-18-4-2-1-3-17(18)20-10-13-21-14-11-20;/h5-8,17-18H,1-4,9-14H2;1H/t17-,18-;/m0./s1. The van der Waals surface area contributed by atoms with Crippen LogP contribution >= 0.6 is 28.3 Å². The Hall–Kier alpha value is -0.130. The van der Waals surface area contributed by atoms with Crippen molar-refractivity contribution in [3.63, 3.8) is 0 Å². The van der Waals surface area contributed by atoms with E-state index in [9.17, 15) is 0 Å². The van der Waals surface area contributed by atoms with E-state index in [1.807, 2.05) is 0 Å². The number of rotatable bonds is 5. The lowest BCUT2D eigenvalue weighted by molar-refractivity contribution is -0.0647. The minimum Gasteiger partial charge on any atom is -0.379 e. The Morgan fingerprint density at radius 3 is 2.52 bits per heavy atom. The van der Waals surface area contributed by atoms with Crippen LogP contribution in [0, 0.1) is 0 Å². The van der Waals surface area contributed by atoms with Crippen molar-refractivity contribution in [2.75, 3.05) is 32.9 Å². The summed E-state index contributed by atoms with van der Waals surface area (Å²) >= 11 is 3.48. The van der Waals surface area contributed by atoms with Crippen LogP contribution in [0.25, 0.3) is 0 Å². The van der Waals surface area contributed by atoms with Gasteiger partial charge in [0.2, 0.25) is 0 Å². The van der Waals surface area contributed by atoms with Gasteiger partial charge in [0.1, 0.15) is 0 Å². The Morgan fingerprint density at radius 1 is 1.09 bits per heavy atom. The van der Waals surface area contributed by atoms with Crippen LogP contribution in [0.2, 0.25) is 0 Å². The van der Waals surface area contributed by atoms with Crippen molar-refractivity contribution < 1.29 is 9.47 Å². The normalized spacial score (nSPS) is 25.8. The van der Waals surface area contributed by atoms with E-state index in [1.165, 1.54) is 31.2 Å². The highest BCUT2D eigenvalue weighted by Crippen LogP contribution is 2.26. The fraction of sp³-hybridized carbons (Fsp3) is 0.667. The van der Waals surface area contributed by atoms with Crippen molar-refractivity contribution in [3.05, 3.63) is 34.3 Å². The molecule has 2 atom stereocenters. The molecule has 0 N–H and O–H groups in total. The molecule has 1 aromatic carbocycles. The number of ether oxygens (including phenoxy) is 2. The van der Waals surface area contributed by atoms with E-state index < -0.39 is 0 Å². The molecule has 0 bridgehead atoms. The zero-order chi connectivity index (χ0) is 15.2. The molecule has 3 rings (SSSR count). The van der Waals surface area contributed by atoms with Gasteiger partial charge in [0.05, 0.1) is 25.9 Å². The molecule has 5 heteroatoms. The monoisotopic (exact) mass is 403 g/mol. The maximum absolute atomic E-state index is 6.29. The minimum atomic E-state index is 0. The van der Waals surface area contributed by atoms with Crippen molar-refractivity contribution >= 4 is 28.3 Å². The number of hydrogen-bond donors (Lipinski definition) is 0. The molecule has 3 nitrogen and oxygen atoms in total. The number of hydrogen-bond acceptors (Lipinski definition) is 3. The van der Waals surface area contributed by atoms with E-state index in [0.29, 0.717) is 12.1 Å². The predicted octanol–water partition coefficient (Wildman–Crippen LogP) is 4.07. The molecule has 1 aliphatic carbocycles. The predicted molar refractivity (Wildman–Crippen MR) is 99.5 cm³/mol. The Morgan fingerprint density at radius 2 is 1.78 bits per heavy atom. The smallest absolute Gasteiger partial charge is 0.0730 e. The van der Waals surface area contributed by atoms with Crippen molar-refractivity contribution in [3.8, 4) is 0 Å². The summed E-state index contributed by atoms with van der Waals surface area (Å²) in [5.74, 6) is 0. The summed E-state index contributed by atoms with van der Waals surface area (Å²) in [7, 11) is 0. The molecule has 1 aromatic rings. The fourth-order valence-electron chi connectivity index (χ4n) is 3.58. The van der Waals surface area contributed by atoms with E-state index >= 15 is 0 Å². The van der Waals surface area contributed by atoms with Crippen LogP contribution in [0.15, 0.2) is 28.7 Å². The lowest BCUT2D eigenvalue weighted by Gasteiger charge is -2.41. The second-order valence-electron chi connectivity index (χ2n) is 6.29. The first-order valence-corrected chi connectivity index (χ1v) is 9.30. The van der Waals surface area contributed by atoms with Crippen LogP contribution in [0.3, 0.4) is 0 Å². The van der Waals surface area contributed by atoms with Crippen LogP contribution in [0.4, 0.5) is 0 Å². The number of nitrogens with zero attached hydrogens (tertiary/aromatic N) is 1. The molecule has 0 radical (unpaired) electrons. The molecule has 0 amide bonds. The third kappa shape index (κ3) is 5.71. The van der Waals surface area contributed by atoms with Gasteiger partial charge in [-0.25, -0.2) is 0 Å². The van der Waals surface area contributed by atoms with Gasteiger partial charge >= 0.3 is 0 Å². The first-order chi connectivity index (χ1) is 10.8. The topological polar surface area (TPSA) is 21.7 Å². The fourth-order valence-corrected chi connectivity index (χ4v) is 3.84. The summed E-state index contributed by atoms with van der Waals surface area (Å²) in [6, 6.07) is 9.16. The zero-order valence-corrected chi connectivity index (χ0v) is 16.0. The van der Waals surface area contributed by atoms with Gasteiger partial charge in [0, 0.05) is 23.6 Å². The SMILES string of the molecule is Brc1ccc(CCO[C@H]2CCCC[C@@H]2N2CCOCC2)cc1.Cl. The van der Waals surface area contributed by atoms with Crippen molar-refractivity contribution in [2.45, 2.75) is 44.2 Å². The van der Waals surface area contributed by atoms with Crippen molar-refractivity contribution in [1.29, 1.82) is 0 Å². The first kappa shape index (κ1) is 19.2. The van der Waals surface area contributed by atoms with Gasteiger partial charge in [-0.1, -0.05) is 40.9 Å². The number of halogens is 2. The molecular weight excluding hydrogens is 378 g/mol. The van der Waals surface area contributed by atoms with Crippen molar-refractivity contribution in [2.24, 2.45) is 0 Å². The third-order valence-electron chi connectivity index (χ3n) is 4.82. The maximum atomic E-state index is 6.29. The van der Waals surface area contributed by atoms with E-state index in [1.54, 1.807) is 0 Å². The van der Waals surface area contributed by atoms with Crippen molar-refractivity contribution in [1.82, 2.24) is 4.90 Å². The summed E-state index contributed by atoms with van der Waals surface area (Å²) in [4.78, 5) is 2.59. The Kier molecular flexibility index (Phi) is 8.34. The van der Waals surface area contributed by atoms with Crippen LogP contribution in [0.5, 0.6) is 0 Å². The lowest BCUT2D eigenvalue weighted by Crippen LogP contribution is -2.51. The molecule has 1 heterocycles. The molecule has 1 saturated heterocycles. The summed E-state index contributed by atoms with van der Waals surface area (Å²) in [5.41, 5.74) is 1.35. The number of benzene rings is 1. The second-order valence-corrected chi connectivity index (χ2v) is 7.20. The zero-order valence-electron chi connectivity index (χ0n) is 13.6. The highest BCUT2D eigenvalue weighted by Gasteiger charge is 2.31. The van der Waals surface area contributed by atoms with E-state index in [2.05, 4.69) is 45.1 Å². The van der Waals surface area contributed by atoms with Crippen LogP contribution in [-0.4, -0.2) is 50.0 Å². The molecule has 0 aromatic heterocycles. The summed E-state index contributed by atoms with van der Waals surface area (Å²) in [6.07, 6.45) is 6.55. The summed E-state index contributed by atoms with van der Waals surface area (Å²) in [5, 5.41) is 0. The third-order valence-corrected chi connectivity index (χ3v) is 5.35. The largest absolute Gasteiger partial charge is 0.379 e. The molecule has 0 unspecified atom stereocenters. The van der Waals surface area contributed by atoms with Crippen LogP contribution in [0.1, 0.15) is 31.2 Å². The average Bonchev–Trinajstić information content (AvgIpc) is 2.58. The van der Waals surface area contributed by atoms with Gasteiger partial charge in [-0.2, -0.15) is 0 Å². The maximum Gasteiger partial charge on any atom is 0.0730 e. The second kappa shape index (κ2) is 10.00.